The van der Waals surface area contributed by atoms with Gasteiger partial charge in [0.25, 0.3) is 5.91 Å². The normalized spacial score (nSPS) is 15.7. The van der Waals surface area contributed by atoms with Gasteiger partial charge in [0.1, 0.15) is 6.04 Å². The summed E-state index contributed by atoms with van der Waals surface area (Å²) in [4.78, 5) is 39.2. The number of likely N-dealkylation sites (tertiary alicyclic amines) is 1. The summed E-state index contributed by atoms with van der Waals surface area (Å²) in [5.74, 6) is -0.373. The molecular formula is C22H23ClN2O3. The Morgan fingerprint density at radius 2 is 1.57 bits per heavy atom. The minimum Gasteiger partial charge on any atom is -0.341 e. The van der Waals surface area contributed by atoms with Crippen molar-refractivity contribution in [2.24, 2.45) is 5.92 Å². The summed E-state index contributed by atoms with van der Waals surface area (Å²) >= 11 is 5.83. The number of Topliss-reactive ketones (excluding diaryl/α,β-unsaturated/α-hetero) is 1. The maximum atomic E-state index is 12.7. The lowest BCUT2D eigenvalue weighted by Gasteiger charge is -2.33. The van der Waals surface area contributed by atoms with Gasteiger partial charge in [-0.1, -0.05) is 41.9 Å². The molecule has 1 saturated heterocycles. The molecule has 1 unspecified atom stereocenters. The highest BCUT2D eigenvalue weighted by molar-refractivity contribution is 6.30. The van der Waals surface area contributed by atoms with Gasteiger partial charge in [-0.25, -0.2) is 0 Å². The van der Waals surface area contributed by atoms with Crippen molar-refractivity contribution in [2.45, 2.75) is 25.8 Å². The summed E-state index contributed by atoms with van der Waals surface area (Å²) in [7, 11) is 0. The van der Waals surface area contributed by atoms with Gasteiger partial charge in [-0.15, -0.1) is 0 Å². The molecule has 0 saturated carbocycles. The predicted octanol–water partition coefficient (Wildman–Crippen LogP) is 3.58. The summed E-state index contributed by atoms with van der Waals surface area (Å²) in [5.41, 5.74) is 1.17. The molecule has 28 heavy (non-hydrogen) atoms. The van der Waals surface area contributed by atoms with E-state index in [4.69, 9.17) is 11.6 Å². The number of hydrogen-bond donors (Lipinski definition) is 1. The number of carbonyl (C=O) groups excluding carboxylic acids is 3. The van der Waals surface area contributed by atoms with Crippen LogP contribution in [0.5, 0.6) is 0 Å². The number of carbonyl (C=O) groups is 3. The Hall–Kier alpha value is -2.66. The average molecular weight is 399 g/mol. The number of nitrogens with zero attached hydrogens (tertiary/aromatic N) is 1. The van der Waals surface area contributed by atoms with Crippen LogP contribution in [0, 0.1) is 5.92 Å². The first kappa shape index (κ1) is 20.1. The second-order valence-electron chi connectivity index (χ2n) is 7.03. The minimum absolute atomic E-state index is 0.0644. The predicted molar refractivity (Wildman–Crippen MR) is 108 cm³/mol. The highest BCUT2D eigenvalue weighted by Crippen LogP contribution is 2.22. The van der Waals surface area contributed by atoms with Crippen molar-refractivity contribution in [1.82, 2.24) is 10.2 Å². The molecule has 2 aromatic rings. The van der Waals surface area contributed by atoms with Crippen LogP contribution in [0.25, 0.3) is 0 Å². The molecule has 0 spiro atoms. The number of nitrogens with one attached hydrogen (secondary N) is 1. The summed E-state index contributed by atoms with van der Waals surface area (Å²) < 4.78 is 0. The molecule has 3 rings (SSSR count). The van der Waals surface area contributed by atoms with Crippen LogP contribution in [-0.2, 0) is 4.79 Å². The number of piperidine rings is 1. The number of amides is 2. The number of hydrogen-bond acceptors (Lipinski definition) is 3. The van der Waals surface area contributed by atoms with Gasteiger partial charge in [-0.3, -0.25) is 14.4 Å². The van der Waals surface area contributed by atoms with Crippen LogP contribution in [0.15, 0.2) is 54.6 Å². The van der Waals surface area contributed by atoms with Crippen molar-refractivity contribution in [3.8, 4) is 0 Å². The number of ketones is 1. The largest absolute Gasteiger partial charge is 0.341 e. The molecule has 1 N–H and O–H groups in total. The third kappa shape index (κ3) is 4.78. The zero-order chi connectivity index (χ0) is 20.1. The van der Waals surface area contributed by atoms with E-state index in [1.54, 1.807) is 36.1 Å². The number of halogens is 1. The lowest BCUT2D eigenvalue weighted by atomic mass is 9.88. The average Bonchev–Trinajstić information content (AvgIpc) is 2.73. The molecule has 6 heteroatoms. The third-order valence-corrected chi connectivity index (χ3v) is 5.31. The van der Waals surface area contributed by atoms with E-state index in [0.29, 0.717) is 36.5 Å². The van der Waals surface area contributed by atoms with E-state index < -0.39 is 6.04 Å². The first-order chi connectivity index (χ1) is 13.5. The van der Waals surface area contributed by atoms with Crippen molar-refractivity contribution in [3.05, 3.63) is 70.7 Å². The summed E-state index contributed by atoms with van der Waals surface area (Å²) in [6, 6.07) is 15.1. The maximum Gasteiger partial charge on any atom is 0.251 e. The molecule has 1 heterocycles. The molecular weight excluding hydrogens is 376 g/mol. The molecule has 146 valence electrons. The smallest absolute Gasteiger partial charge is 0.251 e. The fourth-order valence-corrected chi connectivity index (χ4v) is 3.54. The quantitative estimate of drug-likeness (QED) is 0.783. The van der Waals surface area contributed by atoms with Crippen molar-refractivity contribution in [3.63, 3.8) is 0 Å². The monoisotopic (exact) mass is 398 g/mol. The van der Waals surface area contributed by atoms with Gasteiger partial charge in [0, 0.05) is 35.2 Å². The van der Waals surface area contributed by atoms with E-state index in [9.17, 15) is 14.4 Å². The molecule has 1 aliphatic heterocycles. The van der Waals surface area contributed by atoms with E-state index in [-0.39, 0.29) is 23.5 Å². The summed E-state index contributed by atoms with van der Waals surface area (Å²) in [5, 5.41) is 3.28. The van der Waals surface area contributed by atoms with Gasteiger partial charge in [0.2, 0.25) is 5.91 Å². The highest BCUT2D eigenvalue weighted by atomic mass is 35.5. The standard InChI is InChI=1S/C22H23ClN2O3/c1-15(24-21(27)18-7-9-19(23)10-8-18)22(28)25-13-11-17(12-14-25)20(26)16-5-3-2-4-6-16/h2-10,15,17H,11-14H2,1H3,(H,24,27). The molecule has 0 aliphatic carbocycles. The second kappa shape index (κ2) is 9.02. The van der Waals surface area contributed by atoms with Gasteiger partial charge in [-0.05, 0) is 44.0 Å². The number of rotatable bonds is 5. The van der Waals surface area contributed by atoms with E-state index in [1.165, 1.54) is 0 Å². The highest BCUT2D eigenvalue weighted by Gasteiger charge is 2.30. The van der Waals surface area contributed by atoms with Crippen LogP contribution < -0.4 is 5.32 Å². The van der Waals surface area contributed by atoms with Gasteiger partial charge in [-0.2, -0.15) is 0 Å². The molecule has 2 amide bonds. The zero-order valence-electron chi connectivity index (χ0n) is 15.7. The topological polar surface area (TPSA) is 66.5 Å². The van der Waals surface area contributed by atoms with Crippen molar-refractivity contribution in [2.75, 3.05) is 13.1 Å². The molecule has 1 fully saturated rings. The number of benzene rings is 2. The zero-order valence-corrected chi connectivity index (χ0v) is 16.5. The Morgan fingerprint density at radius 1 is 0.964 bits per heavy atom. The fourth-order valence-electron chi connectivity index (χ4n) is 3.42. The molecule has 2 aromatic carbocycles. The Labute approximate surface area is 169 Å². The molecule has 1 aliphatic rings. The van der Waals surface area contributed by atoms with Crippen LogP contribution in [-0.4, -0.2) is 41.6 Å². The van der Waals surface area contributed by atoms with Gasteiger partial charge in [0.15, 0.2) is 5.78 Å². The fraction of sp³-hybridized carbons (Fsp3) is 0.318. The van der Waals surface area contributed by atoms with E-state index in [2.05, 4.69) is 5.32 Å². The van der Waals surface area contributed by atoms with Crippen molar-refractivity contribution < 1.29 is 14.4 Å². The molecule has 5 nitrogen and oxygen atoms in total. The van der Waals surface area contributed by atoms with E-state index in [1.807, 2.05) is 30.3 Å². The van der Waals surface area contributed by atoms with Crippen LogP contribution in [0.3, 0.4) is 0 Å². The lowest BCUT2D eigenvalue weighted by molar-refractivity contribution is -0.134. The van der Waals surface area contributed by atoms with Crippen LogP contribution in [0.2, 0.25) is 5.02 Å². The first-order valence-electron chi connectivity index (χ1n) is 9.40. The van der Waals surface area contributed by atoms with Crippen molar-refractivity contribution in [1.29, 1.82) is 0 Å². The Bertz CT molecular complexity index is 844. The molecule has 0 aromatic heterocycles. The Morgan fingerprint density at radius 3 is 2.18 bits per heavy atom. The Balaban J connectivity index is 1.52. The third-order valence-electron chi connectivity index (χ3n) is 5.06. The van der Waals surface area contributed by atoms with Gasteiger partial charge in [0.05, 0.1) is 0 Å². The Kier molecular flexibility index (Phi) is 6.47. The minimum atomic E-state index is -0.635. The van der Waals surface area contributed by atoms with Crippen LogP contribution >= 0.6 is 11.6 Å². The molecule has 0 bridgehead atoms. The van der Waals surface area contributed by atoms with Gasteiger partial charge >= 0.3 is 0 Å². The van der Waals surface area contributed by atoms with Crippen LogP contribution in [0.4, 0.5) is 0 Å². The summed E-state index contributed by atoms with van der Waals surface area (Å²) in [6.07, 6.45) is 1.27. The molecule has 1 atom stereocenters. The lowest BCUT2D eigenvalue weighted by Crippen LogP contribution is -2.49. The first-order valence-corrected chi connectivity index (χ1v) is 9.78. The second-order valence-corrected chi connectivity index (χ2v) is 7.47. The molecule has 0 radical (unpaired) electrons. The summed E-state index contributed by atoms with van der Waals surface area (Å²) in [6.45, 7) is 2.71. The SMILES string of the molecule is CC(NC(=O)c1ccc(Cl)cc1)C(=O)N1CCC(C(=O)c2ccccc2)CC1. The van der Waals surface area contributed by atoms with Crippen molar-refractivity contribution >= 4 is 29.2 Å². The van der Waals surface area contributed by atoms with Crippen LogP contribution in [0.1, 0.15) is 40.5 Å². The maximum absolute atomic E-state index is 12.7. The van der Waals surface area contributed by atoms with Gasteiger partial charge < -0.3 is 10.2 Å². The van der Waals surface area contributed by atoms with E-state index in [0.717, 1.165) is 5.56 Å². The van der Waals surface area contributed by atoms with E-state index >= 15 is 0 Å².